The van der Waals surface area contributed by atoms with Crippen molar-refractivity contribution >= 4 is 17.5 Å². The minimum absolute atomic E-state index is 0.0566. The van der Waals surface area contributed by atoms with Gasteiger partial charge in [0.05, 0.1) is 11.6 Å². The summed E-state index contributed by atoms with van der Waals surface area (Å²) in [6.07, 6.45) is 2.49. The smallest absolute Gasteiger partial charge is 0.332 e. The van der Waals surface area contributed by atoms with E-state index in [0.717, 1.165) is 18.4 Å². The van der Waals surface area contributed by atoms with Crippen molar-refractivity contribution in [2.45, 2.75) is 40.0 Å². The van der Waals surface area contributed by atoms with Crippen LogP contribution in [0.25, 0.3) is 0 Å². The van der Waals surface area contributed by atoms with Crippen LogP contribution in [0.5, 0.6) is 0 Å². The summed E-state index contributed by atoms with van der Waals surface area (Å²) >= 11 is 0. The molecule has 0 unspecified atom stereocenters. The summed E-state index contributed by atoms with van der Waals surface area (Å²) in [7, 11) is 0. The van der Waals surface area contributed by atoms with Crippen LogP contribution < -0.4 is 11.2 Å². The number of ketones is 1. The number of amides is 2. The minimum Gasteiger partial charge on any atom is -0.350 e. The number of hydrazone groups is 1. The summed E-state index contributed by atoms with van der Waals surface area (Å²) in [5.74, 6) is 0.266. The maximum absolute atomic E-state index is 13.2. The van der Waals surface area contributed by atoms with Crippen molar-refractivity contribution < 1.29 is 9.59 Å². The molecule has 3 atom stereocenters. The molecule has 24 heavy (non-hydrogen) atoms. The summed E-state index contributed by atoms with van der Waals surface area (Å²) < 4.78 is 0. The molecule has 0 heterocycles. The Morgan fingerprint density at radius 3 is 2.50 bits per heavy atom. The molecule has 5 nitrogen and oxygen atoms in total. The van der Waals surface area contributed by atoms with E-state index in [0.29, 0.717) is 12.1 Å². The van der Waals surface area contributed by atoms with E-state index in [9.17, 15) is 9.59 Å². The molecule has 3 rings (SSSR count). The Labute approximate surface area is 142 Å². The number of nitrogens with one attached hydrogen (secondary N) is 1. The lowest BCUT2D eigenvalue weighted by molar-refractivity contribution is -0.129. The maximum atomic E-state index is 13.2. The number of Topliss-reactive ketones (excluding diaryl/α,β-unsaturated/α-hetero) is 1. The lowest BCUT2D eigenvalue weighted by Gasteiger charge is -2.32. The minimum atomic E-state index is -0.707. The first-order valence-corrected chi connectivity index (χ1v) is 8.47. The van der Waals surface area contributed by atoms with Gasteiger partial charge in [-0.2, -0.15) is 5.10 Å². The lowest BCUT2D eigenvalue weighted by Crippen LogP contribution is -2.37. The predicted molar refractivity (Wildman–Crippen MR) is 93.4 cm³/mol. The van der Waals surface area contributed by atoms with Gasteiger partial charge in [-0.05, 0) is 29.7 Å². The second kappa shape index (κ2) is 5.72. The van der Waals surface area contributed by atoms with Crippen LogP contribution in [0.15, 0.2) is 35.4 Å². The Hall–Kier alpha value is -2.17. The fourth-order valence-corrected chi connectivity index (χ4v) is 4.62. The fourth-order valence-electron chi connectivity index (χ4n) is 4.62. The standard InChI is InChI=1S/C19H25N3O2/c1-18(2)13-9-10-19(18,3)16(23)15(13)14(21-22-17(20)24)11-12-7-5-4-6-8-12/h4-8,13,15H,9-11H2,1-3H3,(H3,20,22,24)/b21-14+/t13-,15-,19-/m0/s1. The highest BCUT2D eigenvalue weighted by Gasteiger charge is 2.67. The van der Waals surface area contributed by atoms with E-state index in [4.69, 9.17) is 5.73 Å². The average Bonchev–Trinajstić information content (AvgIpc) is 2.85. The van der Waals surface area contributed by atoms with Crippen LogP contribution in [0.1, 0.15) is 39.2 Å². The molecular formula is C19H25N3O2. The SMILES string of the molecule is CC1(C)[C@H]2CC[C@@]1(C)C(=O)[C@@H]2/C(Cc1ccccc1)=N/NC(N)=O. The number of rotatable bonds is 4. The van der Waals surface area contributed by atoms with Crippen LogP contribution in [0, 0.1) is 22.7 Å². The van der Waals surface area contributed by atoms with E-state index in [2.05, 4.69) is 31.3 Å². The summed E-state index contributed by atoms with van der Waals surface area (Å²) in [5.41, 5.74) is 8.93. The molecular weight excluding hydrogens is 302 g/mol. The second-order valence-corrected chi connectivity index (χ2v) is 7.78. The molecule has 0 saturated heterocycles. The normalized spacial score (nSPS) is 31.3. The van der Waals surface area contributed by atoms with Gasteiger partial charge in [-0.15, -0.1) is 0 Å². The van der Waals surface area contributed by atoms with Crippen LogP contribution in [0.4, 0.5) is 4.79 Å². The second-order valence-electron chi connectivity index (χ2n) is 7.78. The van der Waals surface area contributed by atoms with E-state index in [-0.39, 0.29) is 28.4 Å². The van der Waals surface area contributed by atoms with Gasteiger partial charge in [-0.1, -0.05) is 51.1 Å². The molecule has 0 radical (unpaired) electrons. The molecule has 5 heteroatoms. The van der Waals surface area contributed by atoms with Crippen LogP contribution in [0.2, 0.25) is 0 Å². The van der Waals surface area contributed by atoms with Gasteiger partial charge in [0.1, 0.15) is 5.78 Å². The van der Waals surface area contributed by atoms with Gasteiger partial charge in [-0.3, -0.25) is 4.79 Å². The number of primary amides is 1. The number of urea groups is 1. The Bertz CT molecular complexity index is 696. The first kappa shape index (κ1) is 16.7. The van der Waals surface area contributed by atoms with Crippen molar-refractivity contribution in [1.29, 1.82) is 0 Å². The predicted octanol–water partition coefficient (Wildman–Crippen LogP) is 2.89. The monoisotopic (exact) mass is 327 g/mol. The van der Waals surface area contributed by atoms with Gasteiger partial charge < -0.3 is 5.73 Å². The maximum Gasteiger partial charge on any atom is 0.332 e. The van der Waals surface area contributed by atoms with Gasteiger partial charge in [0, 0.05) is 11.8 Å². The summed E-state index contributed by atoms with van der Waals surface area (Å²) in [4.78, 5) is 24.3. The topological polar surface area (TPSA) is 84.6 Å². The van der Waals surface area contributed by atoms with Crippen LogP contribution in [-0.4, -0.2) is 17.5 Å². The molecule has 2 saturated carbocycles. The molecule has 2 bridgehead atoms. The molecule has 2 amide bonds. The highest BCUT2D eigenvalue weighted by molar-refractivity contribution is 6.11. The third kappa shape index (κ3) is 2.43. The third-order valence-electron chi connectivity index (χ3n) is 6.43. The zero-order valence-electron chi connectivity index (χ0n) is 14.5. The summed E-state index contributed by atoms with van der Waals surface area (Å²) in [5, 5.41) is 4.24. The van der Waals surface area contributed by atoms with Gasteiger partial charge >= 0.3 is 6.03 Å². The first-order chi connectivity index (χ1) is 11.3. The summed E-state index contributed by atoms with van der Waals surface area (Å²) in [6.45, 7) is 6.45. The van der Waals surface area contributed by atoms with Crippen molar-refractivity contribution in [3.8, 4) is 0 Å². The molecule has 2 aliphatic rings. The number of carbonyl (C=O) groups excluding carboxylic acids is 2. The Kier molecular flexibility index (Phi) is 3.98. The zero-order valence-corrected chi connectivity index (χ0v) is 14.5. The Morgan fingerprint density at radius 1 is 1.29 bits per heavy atom. The summed E-state index contributed by atoms with van der Waals surface area (Å²) in [6, 6.07) is 9.18. The van der Waals surface area contributed by atoms with Crippen molar-refractivity contribution in [3.63, 3.8) is 0 Å². The number of fused-ring (bicyclic) bond motifs is 2. The number of benzene rings is 1. The van der Waals surface area contributed by atoms with E-state index in [1.807, 2.05) is 30.3 Å². The third-order valence-corrected chi connectivity index (χ3v) is 6.43. The van der Waals surface area contributed by atoms with Crippen LogP contribution >= 0.6 is 0 Å². The zero-order chi connectivity index (χ0) is 17.5. The van der Waals surface area contributed by atoms with Crippen molar-refractivity contribution in [2.75, 3.05) is 0 Å². The van der Waals surface area contributed by atoms with Gasteiger partial charge in [0.25, 0.3) is 0 Å². The molecule has 1 aromatic carbocycles. The number of carbonyl (C=O) groups is 2. The van der Waals surface area contributed by atoms with Crippen LogP contribution in [0.3, 0.4) is 0 Å². The molecule has 2 aliphatic carbocycles. The highest BCUT2D eigenvalue weighted by Crippen LogP contribution is 2.66. The molecule has 0 spiro atoms. The van der Waals surface area contributed by atoms with Crippen molar-refractivity contribution in [3.05, 3.63) is 35.9 Å². The van der Waals surface area contributed by atoms with Crippen LogP contribution in [-0.2, 0) is 11.2 Å². The van der Waals surface area contributed by atoms with E-state index < -0.39 is 6.03 Å². The average molecular weight is 327 g/mol. The quantitative estimate of drug-likeness (QED) is 0.658. The van der Waals surface area contributed by atoms with Gasteiger partial charge in [0.2, 0.25) is 0 Å². The van der Waals surface area contributed by atoms with E-state index in [1.165, 1.54) is 0 Å². The molecule has 0 aliphatic heterocycles. The highest BCUT2D eigenvalue weighted by atomic mass is 16.2. The fraction of sp³-hybridized carbons (Fsp3) is 0.526. The van der Waals surface area contributed by atoms with E-state index >= 15 is 0 Å². The molecule has 0 aromatic heterocycles. The largest absolute Gasteiger partial charge is 0.350 e. The Morgan fingerprint density at radius 2 is 1.96 bits per heavy atom. The molecule has 1 aromatic rings. The van der Waals surface area contributed by atoms with Crippen molar-refractivity contribution in [1.82, 2.24) is 5.43 Å². The number of hydrogen-bond acceptors (Lipinski definition) is 3. The van der Waals surface area contributed by atoms with E-state index in [1.54, 1.807) is 0 Å². The lowest BCUT2D eigenvalue weighted by atomic mass is 9.70. The van der Waals surface area contributed by atoms with Crippen molar-refractivity contribution in [2.24, 2.45) is 33.5 Å². The molecule has 3 N–H and O–H groups in total. The van der Waals surface area contributed by atoms with Gasteiger partial charge in [0.15, 0.2) is 0 Å². The number of nitrogens with two attached hydrogens (primary N) is 1. The number of hydrogen-bond donors (Lipinski definition) is 2. The number of nitrogens with zero attached hydrogens (tertiary/aromatic N) is 1. The first-order valence-electron chi connectivity index (χ1n) is 8.47. The Balaban J connectivity index is 1.96. The molecule has 2 fully saturated rings. The van der Waals surface area contributed by atoms with Gasteiger partial charge in [-0.25, -0.2) is 10.2 Å². The molecule has 128 valence electrons.